The molecule has 1 aliphatic heterocycles. The van der Waals surface area contributed by atoms with Gasteiger partial charge in [-0.05, 0) is 42.8 Å². The minimum absolute atomic E-state index is 0.155. The van der Waals surface area contributed by atoms with E-state index in [1.165, 1.54) is 11.0 Å². The molecule has 2 aromatic rings. The standard InChI is InChI=1S/C21H19BrN2O3/c1-3-12-24-20(25)18(14-8-10-17(11-9-14)27-4-2)19(21(24)26)23-16-7-5-6-15(22)13-16/h3,5-11,13,23H,1,4,12H2,2H3. The van der Waals surface area contributed by atoms with Crippen molar-refractivity contribution >= 4 is 39.0 Å². The van der Waals surface area contributed by atoms with Crippen molar-refractivity contribution in [2.75, 3.05) is 18.5 Å². The SMILES string of the molecule is C=CCN1C(=O)C(Nc2cccc(Br)c2)=C(c2ccc(OCC)cc2)C1=O. The molecule has 1 heterocycles. The van der Waals surface area contributed by atoms with E-state index >= 15 is 0 Å². The molecule has 6 heteroatoms. The van der Waals surface area contributed by atoms with E-state index in [0.717, 1.165) is 4.47 Å². The number of hydrogen-bond acceptors (Lipinski definition) is 4. The van der Waals surface area contributed by atoms with Crippen molar-refractivity contribution in [1.82, 2.24) is 4.90 Å². The van der Waals surface area contributed by atoms with Gasteiger partial charge in [0.1, 0.15) is 11.4 Å². The smallest absolute Gasteiger partial charge is 0.278 e. The Hall–Kier alpha value is -2.86. The predicted octanol–water partition coefficient (Wildman–Crippen LogP) is 4.23. The van der Waals surface area contributed by atoms with Crippen molar-refractivity contribution in [3.8, 4) is 5.75 Å². The maximum atomic E-state index is 12.9. The Morgan fingerprint density at radius 1 is 1.15 bits per heavy atom. The lowest BCUT2D eigenvalue weighted by molar-refractivity contribution is -0.136. The van der Waals surface area contributed by atoms with Gasteiger partial charge < -0.3 is 10.1 Å². The predicted molar refractivity (Wildman–Crippen MR) is 109 cm³/mol. The second-order valence-corrected chi connectivity index (χ2v) is 6.77. The summed E-state index contributed by atoms with van der Waals surface area (Å²) in [5.41, 5.74) is 1.96. The Morgan fingerprint density at radius 3 is 2.52 bits per heavy atom. The van der Waals surface area contributed by atoms with Gasteiger partial charge >= 0.3 is 0 Å². The zero-order valence-corrected chi connectivity index (χ0v) is 16.5. The molecule has 1 N–H and O–H groups in total. The monoisotopic (exact) mass is 426 g/mol. The van der Waals surface area contributed by atoms with E-state index in [2.05, 4.69) is 27.8 Å². The number of imide groups is 1. The zero-order valence-electron chi connectivity index (χ0n) is 14.9. The fourth-order valence-corrected chi connectivity index (χ4v) is 3.25. The number of ether oxygens (including phenoxy) is 1. The van der Waals surface area contributed by atoms with E-state index in [1.54, 1.807) is 24.3 Å². The highest BCUT2D eigenvalue weighted by Crippen LogP contribution is 2.31. The van der Waals surface area contributed by atoms with Crippen LogP contribution in [0.4, 0.5) is 5.69 Å². The first-order chi connectivity index (χ1) is 13.0. The normalized spacial score (nSPS) is 13.9. The molecule has 0 saturated heterocycles. The lowest BCUT2D eigenvalue weighted by Crippen LogP contribution is -2.32. The van der Waals surface area contributed by atoms with Crippen LogP contribution in [0.1, 0.15) is 12.5 Å². The number of halogens is 1. The summed E-state index contributed by atoms with van der Waals surface area (Å²) in [4.78, 5) is 26.9. The molecule has 1 aliphatic rings. The number of benzene rings is 2. The Bertz CT molecular complexity index is 919. The molecule has 0 unspecified atom stereocenters. The molecule has 5 nitrogen and oxygen atoms in total. The molecule has 0 aliphatic carbocycles. The second-order valence-electron chi connectivity index (χ2n) is 5.85. The molecule has 2 amide bonds. The molecule has 27 heavy (non-hydrogen) atoms. The molecular formula is C21H19BrN2O3. The van der Waals surface area contributed by atoms with Gasteiger partial charge in [0, 0.05) is 16.7 Å². The molecule has 138 valence electrons. The summed E-state index contributed by atoms with van der Waals surface area (Å²) in [6, 6.07) is 14.6. The van der Waals surface area contributed by atoms with Gasteiger partial charge in [0.2, 0.25) is 0 Å². The zero-order chi connectivity index (χ0) is 19.4. The van der Waals surface area contributed by atoms with Gasteiger partial charge in [-0.25, -0.2) is 0 Å². The van der Waals surface area contributed by atoms with Crippen LogP contribution in [0, 0.1) is 0 Å². The van der Waals surface area contributed by atoms with Gasteiger partial charge in [0.05, 0.1) is 12.2 Å². The second kappa shape index (κ2) is 8.22. The number of nitrogens with zero attached hydrogens (tertiary/aromatic N) is 1. The number of carbonyl (C=O) groups is 2. The van der Waals surface area contributed by atoms with Crippen molar-refractivity contribution in [2.45, 2.75) is 6.92 Å². The van der Waals surface area contributed by atoms with E-state index in [1.807, 2.05) is 31.2 Å². The summed E-state index contributed by atoms with van der Waals surface area (Å²) in [6.07, 6.45) is 1.54. The highest BCUT2D eigenvalue weighted by atomic mass is 79.9. The molecule has 0 saturated carbocycles. The number of nitrogens with one attached hydrogen (secondary N) is 1. The Labute approximate surface area is 166 Å². The summed E-state index contributed by atoms with van der Waals surface area (Å²) >= 11 is 3.41. The third-order valence-corrected chi connectivity index (χ3v) is 4.52. The molecular weight excluding hydrogens is 408 g/mol. The largest absolute Gasteiger partial charge is 0.494 e. The van der Waals surface area contributed by atoms with Crippen LogP contribution in [-0.4, -0.2) is 29.9 Å². The van der Waals surface area contributed by atoms with E-state index in [0.29, 0.717) is 29.2 Å². The third-order valence-electron chi connectivity index (χ3n) is 4.03. The van der Waals surface area contributed by atoms with Crippen LogP contribution in [0.15, 0.2) is 71.4 Å². The van der Waals surface area contributed by atoms with E-state index < -0.39 is 0 Å². The minimum Gasteiger partial charge on any atom is -0.494 e. The Morgan fingerprint density at radius 2 is 1.89 bits per heavy atom. The van der Waals surface area contributed by atoms with E-state index in [4.69, 9.17) is 4.74 Å². The maximum Gasteiger partial charge on any atom is 0.278 e. The quantitative estimate of drug-likeness (QED) is 0.531. The highest BCUT2D eigenvalue weighted by Gasteiger charge is 2.38. The van der Waals surface area contributed by atoms with E-state index in [9.17, 15) is 9.59 Å². The van der Waals surface area contributed by atoms with E-state index in [-0.39, 0.29) is 24.1 Å². The first-order valence-electron chi connectivity index (χ1n) is 8.52. The van der Waals surface area contributed by atoms with Crippen molar-refractivity contribution in [3.05, 3.63) is 76.9 Å². The molecule has 0 radical (unpaired) electrons. The number of hydrogen-bond donors (Lipinski definition) is 1. The van der Waals surface area contributed by atoms with Crippen LogP contribution >= 0.6 is 15.9 Å². The molecule has 0 atom stereocenters. The highest BCUT2D eigenvalue weighted by molar-refractivity contribution is 9.10. The average molecular weight is 427 g/mol. The summed E-state index contributed by atoms with van der Waals surface area (Å²) < 4.78 is 6.33. The first kappa shape index (κ1) is 18.9. The van der Waals surface area contributed by atoms with Crippen LogP contribution in [0.2, 0.25) is 0 Å². The Kier molecular flexibility index (Phi) is 5.76. The average Bonchev–Trinajstić information content (AvgIpc) is 2.88. The number of anilines is 1. The summed E-state index contributed by atoms with van der Waals surface area (Å²) in [6.45, 7) is 6.25. The molecule has 0 fully saturated rings. The van der Waals surface area contributed by atoms with Crippen LogP contribution in [0.3, 0.4) is 0 Å². The third kappa shape index (κ3) is 3.95. The van der Waals surface area contributed by atoms with Crippen molar-refractivity contribution in [3.63, 3.8) is 0 Å². The van der Waals surface area contributed by atoms with Gasteiger partial charge in [-0.2, -0.15) is 0 Å². The number of rotatable bonds is 7. The fraction of sp³-hybridized carbons (Fsp3) is 0.143. The lowest BCUT2D eigenvalue weighted by atomic mass is 10.0. The topological polar surface area (TPSA) is 58.6 Å². The first-order valence-corrected chi connectivity index (χ1v) is 9.31. The van der Waals surface area contributed by atoms with Crippen LogP contribution in [0.5, 0.6) is 5.75 Å². The number of carbonyl (C=O) groups excluding carboxylic acids is 2. The van der Waals surface area contributed by atoms with Gasteiger partial charge in [-0.3, -0.25) is 14.5 Å². The summed E-state index contributed by atoms with van der Waals surface area (Å²) in [7, 11) is 0. The van der Waals surface area contributed by atoms with Crippen molar-refractivity contribution in [1.29, 1.82) is 0 Å². The van der Waals surface area contributed by atoms with Crippen LogP contribution in [-0.2, 0) is 9.59 Å². The molecule has 0 spiro atoms. The number of amides is 2. The molecule has 2 aromatic carbocycles. The summed E-state index contributed by atoms with van der Waals surface area (Å²) in [5, 5.41) is 3.11. The maximum absolute atomic E-state index is 12.9. The van der Waals surface area contributed by atoms with Crippen molar-refractivity contribution in [2.24, 2.45) is 0 Å². The van der Waals surface area contributed by atoms with Gasteiger partial charge in [-0.15, -0.1) is 6.58 Å². The molecule has 3 rings (SSSR count). The van der Waals surface area contributed by atoms with Gasteiger partial charge in [0.25, 0.3) is 11.8 Å². The fourth-order valence-electron chi connectivity index (χ4n) is 2.85. The summed E-state index contributed by atoms with van der Waals surface area (Å²) in [5.74, 6) is -0.00612. The Balaban J connectivity index is 2.04. The molecule has 0 bridgehead atoms. The van der Waals surface area contributed by atoms with Crippen molar-refractivity contribution < 1.29 is 14.3 Å². The molecule has 0 aromatic heterocycles. The van der Waals surface area contributed by atoms with Crippen LogP contribution < -0.4 is 10.1 Å². The lowest BCUT2D eigenvalue weighted by Gasteiger charge is -2.12. The van der Waals surface area contributed by atoms with Gasteiger partial charge in [-0.1, -0.05) is 40.2 Å². The van der Waals surface area contributed by atoms with Gasteiger partial charge in [0.15, 0.2) is 0 Å². The minimum atomic E-state index is -0.372. The van der Waals surface area contributed by atoms with Crippen LogP contribution in [0.25, 0.3) is 5.57 Å².